The zero-order valence-corrected chi connectivity index (χ0v) is 23.6. The predicted molar refractivity (Wildman–Crippen MR) is 150 cm³/mol. The van der Waals surface area contributed by atoms with Crippen LogP contribution in [0.1, 0.15) is 34.8 Å². The van der Waals surface area contributed by atoms with Crippen LogP contribution in [0.25, 0.3) is 11.0 Å². The summed E-state index contributed by atoms with van der Waals surface area (Å²) < 4.78 is 32.0. The Balaban J connectivity index is 1.29. The summed E-state index contributed by atoms with van der Waals surface area (Å²) in [5, 5.41) is 21.9. The van der Waals surface area contributed by atoms with Crippen molar-refractivity contribution in [3.05, 3.63) is 73.6 Å². The Morgan fingerprint density at radius 1 is 1.07 bits per heavy atom. The lowest BCUT2D eigenvalue weighted by molar-refractivity contribution is -0.386. The number of nitrogens with zero attached hydrogens (tertiary/aromatic N) is 2. The van der Waals surface area contributed by atoms with E-state index in [1.165, 1.54) is 24.3 Å². The molecule has 0 bridgehead atoms. The van der Waals surface area contributed by atoms with Crippen LogP contribution in [-0.4, -0.2) is 79.6 Å². The third kappa shape index (κ3) is 8.35. The number of carbonyl (C=O) groups is 2. The molecule has 0 spiro atoms. The molecule has 1 saturated heterocycles. The second-order valence-corrected chi connectivity index (χ2v) is 9.41. The normalized spacial score (nSPS) is 13.5. The molecule has 0 unspecified atom stereocenters. The van der Waals surface area contributed by atoms with E-state index in [4.69, 9.17) is 28.1 Å². The van der Waals surface area contributed by atoms with E-state index < -0.39 is 34.8 Å². The van der Waals surface area contributed by atoms with Crippen molar-refractivity contribution >= 4 is 28.6 Å². The predicted octanol–water partition coefficient (Wildman–Crippen LogP) is 2.59. The van der Waals surface area contributed by atoms with Crippen molar-refractivity contribution in [2.75, 3.05) is 52.7 Å². The van der Waals surface area contributed by atoms with Crippen LogP contribution in [0.3, 0.4) is 0 Å². The van der Waals surface area contributed by atoms with Crippen LogP contribution in [0.5, 0.6) is 11.5 Å². The highest BCUT2D eigenvalue weighted by molar-refractivity contribution is 5.94. The second kappa shape index (κ2) is 15.2. The van der Waals surface area contributed by atoms with E-state index in [1.807, 2.05) is 0 Å². The Morgan fingerprint density at radius 3 is 2.58 bits per heavy atom. The fourth-order valence-corrected chi connectivity index (χ4v) is 4.50. The molecule has 0 saturated carbocycles. The minimum atomic E-state index is -0.810. The van der Waals surface area contributed by atoms with Gasteiger partial charge >= 0.3 is 23.3 Å². The van der Waals surface area contributed by atoms with Crippen molar-refractivity contribution in [3.63, 3.8) is 0 Å². The quantitative estimate of drug-likeness (QED) is 0.0714. The Morgan fingerprint density at radius 2 is 1.86 bits per heavy atom. The molecule has 0 atom stereocenters. The zero-order valence-electron chi connectivity index (χ0n) is 23.6. The van der Waals surface area contributed by atoms with Gasteiger partial charge in [-0.15, -0.1) is 0 Å². The molecule has 14 nitrogen and oxygen atoms in total. The first-order valence-corrected chi connectivity index (χ1v) is 13.7. The molecule has 4 rings (SSSR count). The summed E-state index contributed by atoms with van der Waals surface area (Å²) in [5.74, 6) is -1.54. The summed E-state index contributed by atoms with van der Waals surface area (Å²) in [4.78, 5) is 49.9. The number of hydrogen-bond donors (Lipinski definition) is 1. The fraction of sp³-hybridized carbons (Fsp3) is 0.414. The van der Waals surface area contributed by atoms with Crippen molar-refractivity contribution in [2.24, 2.45) is 0 Å². The Bertz CT molecular complexity index is 1510. The van der Waals surface area contributed by atoms with Gasteiger partial charge < -0.3 is 33.2 Å². The number of carbonyl (C=O) groups excluding carboxylic acids is 2. The highest BCUT2D eigenvalue weighted by Gasteiger charge is 2.28. The summed E-state index contributed by atoms with van der Waals surface area (Å²) >= 11 is 0. The Kier molecular flexibility index (Phi) is 11.2. The van der Waals surface area contributed by atoms with Gasteiger partial charge in [0.25, 0.3) is 0 Å². The van der Waals surface area contributed by atoms with Gasteiger partial charge in [0, 0.05) is 37.2 Å². The first-order valence-electron chi connectivity index (χ1n) is 13.7. The lowest BCUT2D eigenvalue weighted by Gasteiger charge is -2.26. The molecule has 0 amide bonds. The standard InChI is InChI=1S/C29H32N2O12/c1-2-40-29(35)23-5-3-19(18-32)27(31(36)37)28(23)41-14-13-38-10-7-25(33)42-21-4-6-22-20(15-26(34)43-24(22)16-21)17-30-8-11-39-12-9-30/h3-6,15-16,32H,2,7-14,17-18H2,1H3. The molecule has 14 heteroatoms. The van der Waals surface area contributed by atoms with Crippen molar-refractivity contribution in [1.82, 2.24) is 4.90 Å². The van der Waals surface area contributed by atoms with E-state index in [9.17, 15) is 29.6 Å². The van der Waals surface area contributed by atoms with Gasteiger partial charge in [-0.1, -0.05) is 0 Å². The van der Waals surface area contributed by atoms with Crippen LogP contribution in [-0.2, 0) is 32.2 Å². The number of aliphatic hydroxyl groups is 1. The third-order valence-electron chi connectivity index (χ3n) is 6.52. The molecule has 0 aliphatic carbocycles. The fourth-order valence-electron chi connectivity index (χ4n) is 4.50. The van der Waals surface area contributed by atoms with E-state index in [0.29, 0.717) is 25.3 Å². The SMILES string of the molecule is CCOC(=O)c1ccc(CO)c([N+](=O)[O-])c1OCCOCCC(=O)Oc1ccc2c(CN3CCOCC3)cc(=O)oc2c1. The van der Waals surface area contributed by atoms with Crippen LogP contribution in [0.4, 0.5) is 5.69 Å². The van der Waals surface area contributed by atoms with Gasteiger partial charge in [-0.05, 0) is 36.8 Å². The first kappa shape index (κ1) is 31.6. The van der Waals surface area contributed by atoms with Crippen LogP contribution in [0.15, 0.2) is 45.6 Å². The maximum Gasteiger partial charge on any atom is 0.342 e. The number of nitro groups is 1. The van der Waals surface area contributed by atoms with E-state index in [1.54, 1.807) is 19.1 Å². The Hall–Kier alpha value is -4.37. The smallest absolute Gasteiger partial charge is 0.342 e. The van der Waals surface area contributed by atoms with Crippen molar-refractivity contribution in [1.29, 1.82) is 0 Å². The van der Waals surface area contributed by atoms with E-state index >= 15 is 0 Å². The molecule has 1 aliphatic heterocycles. The molecule has 3 aromatic rings. The number of esters is 2. The van der Waals surface area contributed by atoms with Crippen molar-refractivity contribution < 1.29 is 47.7 Å². The lowest BCUT2D eigenvalue weighted by atomic mass is 10.1. The van der Waals surface area contributed by atoms with Crippen molar-refractivity contribution in [2.45, 2.75) is 26.5 Å². The summed E-state index contributed by atoms with van der Waals surface area (Å²) in [6, 6.07) is 8.84. The molecule has 1 aromatic heterocycles. The number of fused-ring (bicyclic) bond motifs is 1. The maximum atomic E-state index is 12.4. The highest BCUT2D eigenvalue weighted by Crippen LogP contribution is 2.35. The van der Waals surface area contributed by atoms with Gasteiger partial charge in [-0.3, -0.25) is 19.8 Å². The van der Waals surface area contributed by atoms with Crippen LogP contribution in [0, 0.1) is 10.1 Å². The second-order valence-electron chi connectivity index (χ2n) is 9.41. The molecule has 2 aromatic carbocycles. The number of benzene rings is 2. The monoisotopic (exact) mass is 600 g/mol. The average Bonchev–Trinajstić information content (AvgIpc) is 2.98. The topological polar surface area (TPSA) is 177 Å². The molecular formula is C29H32N2O12. The van der Waals surface area contributed by atoms with E-state index in [0.717, 1.165) is 24.0 Å². The number of aliphatic hydroxyl groups excluding tert-OH is 1. The summed E-state index contributed by atoms with van der Waals surface area (Å²) in [7, 11) is 0. The van der Waals surface area contributed by atoms with Crippen LogP contribution >= 0.6 is 0 Å². The molecule has 230 valence electrons. The summed E-state index contributed by atoms with van der Waals surface area (Å²) in [6.07, 6.45) is -0.118. The zero-order chi connectivity index (χ0) is 30.8. The molecule has 2 heterocycles. The Labute approximate surface area is 245 Å². The van der Waals surface area contributed by atoms with Gasteiger partial charge in [-0.25, -0.2) is 9.59 Å². The highest BCUT2D eigenvalue weighted by atomic mass is 16.6. The number of morpholine rings is 1. The van der Waals surface area contributed by atoms with Gasteiger partial charge in [-0.2, -0.15) is 0 Å². The molecule has 1 N–H and O–H groups in total. The molecule has 0 radical (unpaired) electrons. The molecule has 1 aliphatic rings. The maximum absolute atomic E-state index is 12.4. The van der Waals surface area contributed by atoms with Gasteiger partial charge in [0.05, 0.1) is 56.5 Å². The molecular weight excluding hydrogens is 568 g/mol. The minimum absolute atomic E-state index is 0.0296. The van der Waals surface area contributed by atoms with Crippen molar-refractivity contribution in [3.8, 4) is 11.5 Å². The third-order valence-corrected chi connectivity index (χ3v) is 6.52. The molecule has 1 fully saturated rings. The summed E-state index contributed by atoms with van der Waals surface area (Å²) in [5.41, 5.74) is -0.124. The minimum Gasteiger partial charge on any atom is -0.484 e. The van der Waals surface area contributed by atoms with Gasteiger partial charge in [0.1, 0.15) is 23.5 Å². The van der Waals surface area contributed by atoms with Crippen LogP contribution < -0.4 is 15.1 Å². The van der Waals surface area contributed by atoms with E-state index in [-0.39, 0.29) is 55.5 Å². The average molecular weight is 601 g/mol. The number of ether oxygens (including phenoxy) is 5. The molecule has 43 heavy (non-hydrogen) atoms. The largest absolute Gasteiger partial charge is 0.484 e. The first-order chi connectivity index (χ1) is 20.8. The number of rotatable bonds is 14. The van der Waals surface area contributed by atoms with E-state index in [2.05, 4.69) is 4.90 Å². The van der Waals surface area contributed by atoms with Crippen LogP contribution in [0.2, 0.25) is 0 Å². The summed E-state index contributed by atoms with van der Waals surface area (Å²) in [6.45, 7) is 4.07. The number of nitro benzene ring substituents is 1. The lowest BCUT2D eigenvalue weighted by Crippen LogP contribution is -2.35. The van der Waals surface area contributed by atoms with Gasteiger partial charge in [0.15, 0.2) is 0 Å². The number of hydrogen-bond acceptors (Lipinski definition) is 13. The van der Waals surface area contributed by atoms with Gasteiger partial charge in [0.2, 0.25) is 5.75 Å².